The maximum atomic E-state index is 5.67. The monoisotopic (exact) mass is 495 g/mol. The molecule has 0 aliphatic heterocycles. The largest absolute Gasteiger partial charge is 0.497 e. The summed E-state index contributed by atoms with van der Waals surface area (Å²) in [5, 5.41) is 0. The molecular weight excluding hydrogens is 452 g/mol. The first-order chi connectivity index (χ1) is 17.6. The normalized spacial score (nSPS) is 11.8. The van der Waals surface area contributed by atoms with Crippen molar-refractivity contribution in [2.24, 2.45) is 0 Å². The van der Waals surface area contributed by atoms with E-state index < -0.39 is 0 Å². The van der Waals surface area contributed by atoms with Crippen LogP contribution in [-0.4, -0.2) is 11.7 Å². The quantitative estimate of drug-likeness (QED) is 0.223. The Morgan fingerprint density at radius 2 is 1.14 bits per heavy atom. The number of rotatable bonds is 8. The summed E-state index contributed by atoms with van der Waals surface area (Å²) in [6, 6.07) is 22.0. The number of hydrogen-bond donors (Lipinski definition) is 0. The third-order valence-electron chi connectivity index (χ3n) is 7.32. The maximum Gasteiger partial charge on any atom is 0.299 e. The molecule has 37 heavy (non-hydrogen) atoms. The Bertz CT molecular complexity index is 1240. The summed E-state index contributed by atoms with van der Waals surface area (Å²) in [4.78, 5) is 0. The lowest BCUT2D eigenvalue weighted by molar-refractivity contribution is -0.584. The number of imidazole rings is 1. The van der Waals surface area contributed by atoms with Crippen LogP contribution < -0.4 is 9.30 Å². The highest BCUT2D eigenvalue weighted by Crippen LogP contribution is 2.36. The third-order valence-corrected chi connectivity index (χ3v) is 7.32. The molecule has 3 aromatic carbocycles. The van der Waals surface area contributed by atoms with Crippen LogP contribution in [-0.2, 0) is 0 Å². The predicted molar refractivity (Wildman–Crippen MR) is 156 cm³/mol. The zero-order chi connectivity index (χ0) is 26.9. The number of para-hydroxylation sites is 2. The van der Waals surface area contributed by atoms with Crippen LogP contribution in [0, 0.1) is 0 Å². The van der Waals surface area contributed by atoms with Crippen LogP contribution in [0.4, 0.5) is 0 Å². The van der Waals surface area contributed by atoms with Gasteiger partial charge in [0.1, 0.15) is 29.5 Å². The van der Waals surface area contributed by atoms with Gasteiger partial charge in [-0.1, -0.05) is 97.9 Å². The molecule has 194 valence electrons. The van der Waals surface area contributed by atoms with Crippen molar-refractivity contribution in [3.8, 4) is 28.5 Å². The van der Waals surface area contributed by atoms with E-state index in [1.54, 1.807) is 7.11 Å². The molecule has 0 unspecified atom stereocenters. The lowest BCUT2D eigenvalue weighted by Crippen LogP contribution is -2.35. The van der Waals surface area contributed by atoms with E-state index in [1.165, 1.54) is 33.6 Å². The molecule has 3 heteroatoms. The first-order valence-corrected chi connectivity index (χ1v) is 13.7. The fourth-order valence-electron chi connectivity index (χ4n) is 5.37. The predicted octanol–water partition coefficient (Wildman–Crippen LogP) is 8.92. The highest BCUT2D eigenvalue weighted by atomic mass is 16.5. The molecule has 4 aromatic rings. The van der Waals surface area contributed by atoms with Crippen molar-refractivity contribution >= 4 is 0 Å². The minimum absolute atomic E-state index is 0.400. The van der Waals surface area contributed by atoms with Gasteiger partial charge in [-0.2, -0.15) is 9.13 Å². The Hall–Kier alpha value is -3.33. The lowest BCUT2D eigenvalue weighted by atomic mass is 9.92. The third kappa shape index (κ3) is 5.09. The number of benzene rings is 3. The van der Waals surface area contributed by atoms with Gasteiger partial charge >= 0.3 is 0 Å². The van der Waals surface area contributed by atoms with Crippen molar-refractivity contribution in [3.05, 3.63) is 95.3 Å². The molecular formula is C34H43N2O+. The summed E-state index contributed by atoms with van der Waals surface area (Å²) in [7, 11) is 1.74. The number of aromatic nitrogens is 2. The van der Waals surface area contributed by atoms with Gasteiger partial charge in [-0.3, -0.25) is 0 Å². The van der Waals surface area contributed by atoms with Gasteiger partial charge in [0, 0.05) is 22.3 Å². The summed E-state index contributed by atoms with van der Waals surface area (Å²) in [6.07, 6.45) is 4.51. The average molecular weight is 496 g/mol. The van der Waals surface area contributed by atoms with Gasteiger partial charge in [-0.05, 0) is 41.9 Å². The lowest BCUT2D eigenvalue weighted by Gasteiger charge is -2.20. The molecule has 0 saturated carbocycles. The second kappa shape index (κ2) is 11.0. The van der Waals surface area contributed by atoms with Crippen LogP contribution in [0.3, 0.4) is 0 Å². The second-order valence-electron chi connectivity index (χ2n) is 11.3. The molecule has 4 rings (SSSR count). The van der Waals surface area contributed by atoms with Crippen LogP contribution in [0.15, 0.2) is 73.1 Å². The van der Waals surface area contributed by atoms with Gasteiger partial charge in [-0.25, -0.2) is 0 Å². The van der Waals surface area contributed by atoms with Crippen molar-refractivity contribution < 1.29 is 9.30 Å². The van der Waals surface area contributed by atoms with Crippen molar-refractivity contribution in [2.75, 3.05) is 7.11 Å². The van der Waals surface area contributed by atoms with E-state index in [4.69, 9.17) is 4.74 Å². The zero-order valence-electron chi connectivity index (χ0n) is 24.0. The topological polar surface area (TPSA) is 18.0 Å². The van der Waals surface area contributed by atoms with Crippen molar-refractivity contribution in [3.63, 3.8) is 0 Å². The van der Waals surface area contributed by atoms with E-state index in [1.807, 2.05) is 6.07 Å². The van der Waals surface area contributed by atoms with Crippen LogP contribution in [0.2, 0.25) is 0 Å². The molecule has 0 aliphatic carbocycles. The zero-order valence-corrected chi connectivity index (χ0v) is 24.0. The number of hydrogen-bond acceptors (Lipinski definition) is 1. The summed E-state index contributed by atoms with van der Waals surface area (Å²) < 4.78 is 10.5. The molecule has 0 saturated heterocycles. The number of nitrogens with zero attached hydrogens (tertiary/aromatic N) is 2. The van der Waals surface area contributed by atoms with E-state index in [0.717, 1.165) is 17.1 Å². The van der Waals surface area contributed by atoms with Crippen LogP contribution in [0.25, 0.3) is 22.8 Å². The first-order valence-electron chi connectivity index (χ1n) is 13.7. The first kappa shape index (κ1) is 26.7. The summed E-state index contributed by atoms with van der Waals surface area (Å²) in [5.41, 5.74) is 9.15. The summed E-state index contributed by atoms with van der Waals surface area (Å²) in [6.45, 7) is 18.3. The van der Waals surface area contributed by atoms with Gasteiger partial charge in [0.25, 0.3) is 5.82 Å². The van der Waals surface area contributed by atoms with Crippen LogP contribution in [0.5, 0.6) is 5.75 Å². The second-order valence-corrected chi connectivity index (χ2v) is 11.3. The molecule has 0 fully saturated rings. The molecule has 0 N–H and O–H groups in total. The van der Waals surface area contributed by atoms with E-state index in [9.17, 15) is 0 Å². The van der Waals surface area contributed by atoms with Gasteiger partial charge in [0.05, 0.1) is 12.7 Å². The highest BCUT2D eigenvalue weighted by Gasteiger charge is 2.30. The molecule has 0 bridgehead atoms. The van der Waals surface area contributed by atoms with Gasteiger partial charge in [0.2, 0.25) is 0 Å². The number of methoxy groups -OCH3 is 1. The van der Waals surface area contributed by atoms with Crippen molar-refractivity contribution in [1.82, 2.24) is 4.57 Å². The van der Waals surface area contributed by atoms with Crippen molar-refractivity contribution in [1.29, 1.82) is 0 Å². The molecule has 0 spiro atoms. The van der Waals surface area contributed by atoms with Crippen molar-refractivity contribution in [2.45, 2.75) is 79.1 Å². The Labute approximate surface area is 223 Å². The van der Waals surface area contributed by atoms with E-state index in [0.29, 0.717) is 23.7 Å². The Morgan fingerprint density at radius 1 is 0.649 bits per heavy atom. The fraction of sp³-hybridized carbons (Fsp3) is 0.382. The molecule has 0 amide bonds. The standard InChI is InChI=1S/C34H43N2O/c1-22(2)28-15-11-16-29(23(3)4)32(28)35-19-20-36(34(35)26-13-10-14-27(21-26)37-9)33-30(24(5)6)17-12-18-31(33)25(7)8/h10-25H,1-9H3/q+1. The van der Waals surface area contributed by atoms with E-state index in [-0.39, 0.29) is 0 Å². The molecule has 3 nitrogen and oxygen atoms in total. The summed E-state index contributed by atoms with van der Waals surface area (Å²) in [5.74, 6) is 3.60. The van der Waals surface area contributed by atoms with Crippen LogP contribution in [0.1, 0.15) is 101 Å². The van der Waals surface area contributed by atoms with Gasteiger partial charge in [0.15, 0.2) is 0 Å². The van der Waals surface area contributed by atoms with E-state index >= 15 is 0 Å². The SMILES string of the molecule is COc1cccc(-c2n(-c3c(C(C)C)cccc3C(C)C)cc[n+]2-c2c(C(C)C)cccc2C(C)C)c1. The Kier molecular flexibility index (Phi) is 7.92. The summed E-state index contributed by atoms with van der Waals surface area (Å²) >= 11 is 0. The molecule has 0 radical (unpaired) electrons. The molecule has 1 aromatic heterocycles. The van der Waals surface area contributed by atoms with Crippen LogP contribution >= 0.6 is 0 Å². The molecule has 1 heterocycles. The minimum atomic E-state index is 0.400. The average Bonchev–Trinajstić information content (AvgIpc) is 3.32. The molecule has 0 aliphatic rings. The highest BCUT2D eigenvalue weighted by molar-refractivity contribution is 5.63. The maximum absolute atomic E-state index is 5.67. The smallest absolute Gasteiger partial charge is 0.299 e. The number of ether oxygens (including phenoxy) is 1. The van der Waals surface area contributed by atoms with Gasteiger partial charge < -0.3 is 4.74 Å². The fourth-order valence-corrected chi connectivity index (χ4v) is 5.37. The molecule has 0 atom stereocenters. The van der Waals surface area contributed by atoms with Gasteiger partial charge in [-0.15, -0.1) is 0 Å². The van der Waals surface area contributed by atoms with E-state index in [2.05, 4.69) is 132 Å². The Balaban J connectivity index is 2.17. The minimum Gasteiger partial charge on any atom is -0.497 e. The Morgan fingerprint density at radius 3 is 1.62 bits per heavy atom.